The summed E-state index contributed by atoms with van der Waals surface area (Å²) in [5, 5.41) is 0. The zero-order valence-electron chi connectivity index (χ0n) is 36.7. The Morgan fingerprint density at radius 3 is 1.51 bits per heavy atom. The molecule has 0 atom stereocenters. The summed E-state index contributed by atoms with van der Waals surface area (Å²) in [6.45, 7) is 18.9. The quantitative estimate of drug-likeness (QED) is 0.172. The zero-order valence-corrected chi connectivity index (χ0v) is 36.7. The summed E-state index contributed by atoms with van der Waals surface area (Å²) in [4.78, 5) is 2.62. The Morgan fingerprint density at radius 1 is 0.361 bits per heavy atom. The first kappa shape index (κ1) is 37.6. The van der Waals surface area contributed by atoms with Crippen molar-refractivity contribution in [2.75, 3.05) is 4.90 Å². The highest BCUT2D eigenvalue weighted by molar-refractivity contribution is 6.04. The molecule has 0 radical (unpaired) electrons. The largest absolute Gasteiger partial charge is 0.309 e. The molecular formula is C60H53N. The molecule has 0 N–H and O–H groups in total. The van der Waals surface area contributed by atoms with Crippen LogP contribution in [0.3, 0.4) is 0 Å². The fourth-order valence-electron chi connectivity index (χ4n) is 11.1. The molecule has 0 aromatic heterocycles. The lowest BCUT2D eigenvalue weighted by Gasteiger charge is -2.35. The Morgan fingerprint density at radius 2 is 0.869 bits per heavy atom. The Bertz CT molecular complexity index is 3010. The van der Waals surface area contributed by atoms with Gasteiger partial charge in [-0.15, -0.1) is 0 Å². The molecule has 298 valence electrons. The second-order valence-corrected chi connectivity index (χ2v) is 20.1. The van der Waals surface area contributed by atoms with Gasteiger partial charge in [-0.1, -0.05) is 207 Å². The van der Waals surface area contributed by atoms with Gasteiger partial charge >= 0.3 is 0 Å². The minimum Gasteiger partial charge on any atom is -0.309 e. The molecule has 8 aromatic rings. The lowest BCUT2D eigenvalue weighted by Crippen LogP contribution is -2.27. The fourth-order valence-corrected chi connectivity index (χ4v) is 11.1. The summed E-state index contributed by atoms with van der Waals surface area (Å²) in [7, 11) is 0. The van der Waals surface area contributed by atoms with Gasteiger partial charge in [0.1, 0.15) is 0 Å². The molecule has 0 bridgehead atoms. The Hall–Kier alpha value is -6.44. The maximum absolute atomic E-state index is 2.62. The van der Waals surface area contributed by atoms with Crippen molar-refractivity contribution < 1.29 is 0 Å². The Kier molecular flexibility index (Phi) is 8.02. The second kappa shape index (κ2) is 13.0. The molecule has 1 nitrogen and oxygen atoms in total. The van der Waals surface area contributed by atoms with Crippen molar-refractivity contribution >= 4 is 17.1 Å². The Balaban J connectivity index is 1.29. The van der Waals surface area contributed by atoms with Crippen LogP contribution in [-0.2, 0) is 21.7 Å². The lowest BCUT2D eigenvalue weighted by molar-refractivity contribution is 0.586. The molecule has 0 fully saturated rings. The van der Waals surface area contributed by atoms with Crippen LogP contribution in [0.15, 0.2) is 176 Å². The average molecular weight is 788 g/mol. The molecule has 1 spiro atoms. The molecule has 3 aliphatic carbocycles. The molecule has 0 saturated heterocycles. The normalized spacial score (nSPS) is 14.8. The van der Waals surface area contributed by atoms with E-state index in [-0.39, 0.29) is 16.2 Å². The van der Waals surface area contributed by atoms with Crippen LogP contribution in [0.4, 0.5) is 17.1 Å². The van der Waals surface area contributed by atoms with Crippen molar-refractivity contribution in [3.05, 3.63) is 220 Å². The Labute approximate surface area is 362 Å². The van der Waals surface area contributed by atoms with E-state index >= 15 is 0 Å². The molecule has 0 heterocycles. The maximum Gasteiger partial charge on any atom is 0.0726 e. The molecule has 0 saturated carbocycles. The standard InChI is InChI=1S/C60H53N/c1-57(2,3)40-31-34-46-51(35-40)60(48-25-16-12-21-43(48)44-22-13-17-26-49(44)60)52-36-41(58(4,5)6)37-54(56(46)52)61(42-32-29-39(30-33-42)38-19-10-9-11-20-38)53-28-18-27-50-55(53)45-23-14-15-24-47(45)59(50,7)8/h9-37H,1-8H3. The molecule has 0 unspecified atom stereocenters. The maximum atomic E-state index is 2.62. The predicted molar refractivity (Wildman–Crippen MR) is 258 cm³/mol. The molecule has 0 amide bonds. The van der Waals surface area contributed by atoms with Crippen molar-refractivity contribution in [3.63, 3.8) is 0 Å². The fraction of sp³-hybridized carbons (Fsp3) is 0.200. The summed E-state index contributed by atoms with van der Waals surface area (Å²) >= 11 is 0. The summed E-state index contributed by atoms with van der Waals surface area (Å²) in [6, 6.07) is 67.1. The molecular weight excluding hydrogens is 735 g/mol. The van der Waals surface area contributed by atoms with Gasteiger partial charge in [-0.3, -0.25) is 0 Å². The van der Waals surface area contributed by atoms with Gasteiger partial charge in [0, 0.05) is 22.2 Å². The minimum absolute atomic E-state index is 0.0284. The van der Waals surface area contributed by atoms with Crippen LogP contribution in [0.2, 0.25) is 0 Å². The highest BCUT2D eigenvalue weighted by Gasteiger charge is 2.53. The number of nitrogens with zero attached hydrogens (tertiary/aromatic N) is 1. The van der Waals surface area contributed by atoms with Crippen molar-refractivity contribution in [3.8, 4) is 44.5 Å². The van der Waals surface area contributed by atoms with Gasteiger partial charge in [0.2, 0.25) is 0 Å². The van der Waals surface area contributed by atoms with E-state index in [1.165, 1.54) is 100 Å². The van der Waals surface area contributed by atoms with Gasteiger partial charge in [0.15, 0.2) is 0 Å². The van der Waals surface area contributed by atoms with E-state index < -0.39 is 5.41 Å². The van der Waals surface area contributed by atoms with Gasteiger partial charge < -0.3 is 4.90 Å². The van der Waals surface area contributed by atoms with Crippen molar-refractivity contribution in [1.29, 1.82) is 0 Å². The van der Waals surface area contributed by atoms with E-state index in [0.717, 1.165) is 5.69 Å². The van der Waals surface area contributed by atoms with Crippen LogP contribution in [0.5, 0.6) is 0 Å². The van der Waals surface area contributed by atoms with Crippen molar-refractivity contribution in [2.45, 2.75) is 77.0 Å². The molecule has 11 rings (SSSR count). The first-order valence-electron chi connectivity index (χ1n) is 22.0. The number of anilines is 3. The van der Waals surface area contributed by atoms with Gasteiger partial charge in [-0.2, -0.15) is 0 Å². The van der Waals surface area contributed by atoms with Gasteiger partial charge in [0.05, 0.1) is 16.8 Å². The third-order valence-electron chi connectivity index (χ3n) is 14.2. The lowest BCUT2D eigenvalue weighted by atomic mass is 9.68. The average Bonchev–Trinajstić information content (AvgIpc) is 3.82. The number of fused-ring (bicyclic) bond motifs is 13. The van der Waals surface area contributed by atoms with Crippen LogP contribution in [0, 0.1) is 0 Å². The number of benzene rings is 8. The van der Waals surface area contributed by atoms with E-state index in [1.54, 1.807) is 0 Å². The van der Waals surface area contributed by atoms with E-state index in [0.29, 0.717) is 0 Å². The van der Waals surface area contributed by atoms with Crippen LogP contribution in [0.1, 0.15) is 99.9 Å². The van der Waals surface area contributed by atoms with Gasteiger partial charge in [0.25, 0.3) is 0 Å². The molecule has 1 heteroatoms. The van der Waals surface area contributed by atoms with Gasteiger partial charge in [-0.25, -0.2) is 0 Å². The topological polar surface area (TPSA) is 3.24 Å². The second-order valence-electron chi connectivity index (χ2n) is 20.1. The third kappa shape index (κ3) is 5.32. The molecule has 3 aliphatic rings. The summed E-state index contributed by atoms with van der Waals surface area (Å²) in [6.07, 6.45) is 0. The zero-order chi connectivity index (χ0) is 42.1. The number of hydrogen-bond acceptors (Lipinski definition) is 1. The van der Waals surface area contributed by atoms with Crippen molar-refractivity contribution in [2.24, 2.45) is 0 Å². The summed E-state index contributed by atoms with van der Waals surface area (Å²) in [5.74, 6) is 0. The third-order valence-corrected chi connectivity index (χ3v) is 14.2. The summed E-state index contributed by atoms with van der Waals surface area (Å²) in [5.41, 5.74) is 24.0. The number of hydrogen-bond donors (Lipinski definition) is 0. The highest BCUT2D eigenvalue weighted by Crippen LogP contribution is 2.66. The van der Waals surface area contributed by atoms with Crippen LogP contribution in [-0.4, -0.2) is 0 Å². The molecule has 0 aliphatic heterocycles. The monoisotopic (exact) mass is 787 g/mol. The van der Waals surface area contributed by atoms with Crippen molar-refractivity contribution in [1.82, 2.24) is 0 Å². The first-order valence-corrected chi connectivity index (χ1v) is 22.0. The first-order chi connectivity index (χ1) is 29.3. The smallest absolute Gasteiger partial charge is 0.0726 e. The van der Waals surface area contributed by atoms with E-state index in [9.17, 15) is 0 Å². The highest BCUT2D eigenvalue weighted by atomic mass is 15.1. The van der Waals surface area contributed by atoms with Crippen LogP contribution < -0.4 is 4.90 Å². The predicted octanol–water partition coefficient (Wildman–Crippen LogP) is 16.1. The van der Waals surface area contributed by atoms with Crippen LogP contribution in [0.25, 0.3) is 44.5 Å². The van der Waals surface area contributed by atoms with E-state index in [4.69, 9.17) is 0 Å². The van der Waals surface area contributed by atoms with E-state index in [2.05, 4.69) is 236 Å². The van der Waals surface area contributed by atoms with Gasteiger partial charge in [-0.05, 0) is 113 Å². The number of rotatable bonds is 4. The summed E-state index contributed by atoms with van der Waals surface area (Å²) < 4.78 is 0. The van der Waals surface area contributed by atoms with E-state index in [1.807, 2.05) is 0 Å². The minimum atomic E-state index is -0.495. The molecule has 8 aromatic carbocycles. The molecule has 61 heavy (non-hydrogen) atoms. The van der Waals surface area contributed by atoms with Crippen LogP contribution >= 0.6 is 0 Å². The SMILES string of the molecule is CC(C)(C)c1ccc2c(c1)C1(c3ccccc3-c3ccccc31)c1cc(C(C)(C)C)cc(N(c3ccc(-c4ccccc4)cc3)c3cccc4c3-c3ccccc3C4(C)C)c1-2.